The van der Waals surface area contributed by atoms with Crippen LogP contribution in [0.5, 0.6) is 5.75 Å². The molecule has 0 saturated heterocycles. The van der Waals surface area contributed by atoms with Crippen LogP contribution in [0.4, 0.5) is 0 Å². The zero-order valence-corrected chi connectivity index (χ0v) is 8.94. The van der Waals surface area contributed by atoms with Crippen molar-refractivity contribution in [2.75, 3.05) is 0 Å². The third kappa shape index (κ3) is 1.96. The lowest BCUT2D eigenvalue weighted by molar-refractivity contribution is 0.103. The summed E-state index contributed by atoms with van der Waals surface area (Å²) in [4.78, 5) is 12.2. The zero-order valence-electron chi connectivity index (χ0n) is 9.94. The third-order valence-corrected chi connectivity index (χ3v) is 2.42. The first-order chi connectivity index (χ1) is 8.22. The van der Waals surface area contributed by atoms with Crippen molar-refractivity contribution < 1.29 is 9.90 Å². The van der Waals surface area contributed by atoms with Crippen LogP contribution in [0.1, 0.15) is 21.5 Å². The van der Waals surface area contributed by atoms with Gasteiger partial charge in [-0.05, 0) is 24.6 Å². The van der Waals surface area contributed by atoms with Gasteiger partial charge in [-0.2, -0.15) is 0 Å². The number of carbonyl (C=O) groups is 1. The highest BCUT2D eigenvalue weighted by molar-refractivity contribution is 6.10. The molecule has 0 bridgehead atoms. The van der Waals surface area contributed by atoms with E-state index in [2.05, 4.69) is 5.11 Å². The Kier molecular flexibility index (Phi) is 2.40. The van der Waals surface area contributed by atoms with Crippen molar-refractivity contribution in [3.05, 3.63) is 65.2 Å². The van der Waals surface area contributed by atoms with Crippen LogP contribution < -0.4 is 0 Å². The van der Waals surface area contributed by atoms with E-state index in [4.69, 9.17) is 1.43 Å². The van der Waals surface area contributed by atoms with E-state index in [0.717, 1.165) is 5.56 Å². The predicted molar refractivity (Wildman–Crippen MR) is 62.7 cm³/mol. The molecule has 2 aromatic rings. The molecule has 16 heavy (non-hydrogen) atoms. The van der Waals surface area contributed by atoms with E-state index in [-0.39, 0.29) is 5.78 Å². The first-order valence-corrected chi connectivity index (χ1v) is 5.06. The van der Waals surface area contributed by atoms with Crippen molar-refractivity contribution in [2.45, 2.75) is 6.92 Å². The number of rotatable bonds is 3. The van der Waals surface area contributed by atoms with E-state index >= 15 is 0 Å². The topological polar surface area (TPSA) is 37.3 Å². The molecule has 2 rings (SSSR count). The van der Waals surface area contributed by atoms with E-state index in [1.54, 1.807) is 24.3 Å². The molecule has 2 nitrogen and oxygen atoms in total. The maximum atomic E-state index is 12.2. The van der Waals surface area contributed by atoms with Crippen LogP contribution in [0.2, 0.25) is 0 Å². The minimum Gasteiger partial charge on any atom is -0.507 e. The fraction of sp³-hybridized carbons (Fsp3) is 0.0714. The Balaban J connectivity index is 2.44. The molecule has 0 saturated carbocycles. The second-order valence-electron chi connectivity index (χ2n) is 3.69. The highest BCUT2D eigenvalue weighted by atomic mass is 16.3. The Morgan fingerprint density at radius 2 is 1.94 bits per heavy atom. The van der Waals surface area contributed by atoms with Gasteiger partial charge in [0.15, 0.2) is 5.78 Å². The van der Waals surface area contributed by atoms with Crippen LogP contribution in [0, 0.1) is 6.92 Å². The molecule has 0 aliphatic heterocycles. The van der Waals surface area contributed by atoms with Crippen LogP contribution >= 0.6 is 0 Å². The molecule has 0 amide bonds. The first-order valence-electron chi connectivity index (χ1n) is 5.47. The number of aryl methyl sites for hydroxylation is 1. The van der Waals surface area contributed by atoms with Crippen molar-refractivity contribution in [3.8, 4) is 5.75 Å². The van der Waals surface area contributed by atoms with Gasteiger partial charge in [0.25, 0.3) is 1.43 Å². The molecule has 0 radical (unpaired) electrons. The molecule has 0 heterocycles. The summed E-state index contributed by atoms with van der Waals surface area (Å²) in [6, 6.07) is 14.2. The molecule has 2 aromatic carbocycles. The molecular formula is C14H12O2. The van der Waals surface area contributed by atoms with Gasteiger partial charge in [-0.15, -0.1) is 0 Å². The second kappa shape index (κ2) is 4.19. The van der Waals surface area contributed by atoms with Gasteiger partial charge in [-0.1, -0.05) is 36.4 Å². The summed E-state index contributed by atoms with van der Waals surface area (Å²) in [5, 5.41) is 4.50. The Hall–Kier alpha value is -2.09. The highest BCUT2D eigenvalue weighted by Crippen LogP contribution is 2.21. The van der Waals surface area contributed by atoms with Gasteiger partial charge in [0, 0.05) is 5.56 Å². The van der Waals surface area contributed by atoms with Crippen LogP contribution in [-0.4, -0.2) is 12.3 Å². The lowest BCUT2D eigenvalue weighted by atomic mass is 10.0. The lowest BCUT2D eigenvalue weighted by Crippen LogP contribution is -2.01. The number of phenolic OH excluding ortho intramolecular Hbond substituents is 1. The van der Waals surface area contributed by atoms with Gasteiger partial charge in [0.05, 0.1) is 5.56 Å². The van der Waals surface area contributed by atoms with Crippen LogP contribution in [-0.2, 0) is 0 Å². The number of carbonyl (C=O) groups excluding carboxylic acids is 1. The SMILES string of the molecule is [2H]Oc1cc(C)ccc1C(=O)c1ccccc1. The summed E-state index contributed by atoms with van der Waals surface area (Å²) in [5.41, 5.74) is 1.96. The molecule has 1 N–H and O–H groups in total. The molecule has 0 aromatic heterocycles. The molecule has 0 aliphatic rings. The molecule has 0 aliphatic carbocycles. The Morgan fingerprint density at radius 1 is 1.19 bits per heavy atom. The molecule has 0 unspecified atom stereocenters. The number of hydrogen-bond acceptors (Lipinski definition) is 2. The number of phenols is 1. The largest absolute Gasteiger partial charge is 0.507 e. The summed E-state index contributed by atoms with van der Waals surface area (Å²) in [6.45, 7) is 1.89. The van der Waals surface area contributed by atoms with E-state index in [1.807, 2.05) is 31.2 Å². The summed E-state index contributed by atoms with van der Waals surface area (Å²) in [7, 11) is 0. The third-order valence-electron chi connectivity index (χ3n) is 2.42. The van der Waals surface area contributed by atoms with Crippen molar-refractivity contribution in [1.82, 2.24) is 0 Å². The minimum atomic E-state index is -0.132. The van der Waals surface area contributed by atoms with E-state index < -0.39 is 0 Å². The fourth-order valence-corrected chi connectivity index (χ4v) is 1.56. The molecule has 0 spiro atoms. The molecule has 0 atom stereocenters. The lowest BCUT2D eigenvalue weighted by Gasteiger charge is -2.04. The number of benzene rings is 2. The average molecular weight is 213 g/mol. The monoisotopic (exact) mass is 213 g/mol. The summed E-state index contributed by atoms with van der Waals surface area (Å²) in [6.07, 6.45) is 0. The number of aromatic hydroxyl groups is 1. The average Bonchev–Trinajstić information content (AvgIpc) is 2.39. The molecule has 0 fully saturated rings. The standard InChI is InChI=1S/C14H12O2/c1-10-7-8-12(13(15)9-10)14(16)11-5-3-2-4-6-11/h2-9,15H,1H3/i/hD. The Labute approximate surface area is 95.7 Å². The van der Waals surface area contributed by atoms with E-state index in [0.29, 0.717) is 16.9 Å². The molecular weight excluding hydrogens is 200 g/mol. The number of hydrogen-bond donors (Lipinski definition) is 1. The highest BCUT2D eigenvalue weighted by Gasteiger charge is 2.12. The summed E-state index contributed by atoms with van der Waals surface area (Å²) >= 11 is 0. The Morgan fingerprint density at radius 3 is 2.62 bits per heavy atom. The maximum absolute atomic E-state index is 12.2. The van der Waals surface area contributed by atoms with Gasteiger partial charge < -0.3 is 5.11 Å². The Bertz CT molecular complexity index is 535. The molecule has 80 valence electrons. The van der Waals surface area contributed by atoms with Crippen LogP contribution in [0.15, 0.2) is 48.5 Å². The van der Waals surface area contributed by atoms with Gasteiger partial charge in [-0.3, -0.25) is 4.79 Å². The van der Waals surface area contributed by atoms with E-state index in [1.165, 1.54) is 0 Å². The van der Waals surface area contributed by atoms with Gasteiger partial charge in [0.1, 0.15) is 5.75 Å². The first kappa shape index (κ1) is 9.16. The number of ketones is 1. The minimum absolute atomic E-state index is 0.132. The van der Waals surface area contributed by atoms with Gasteiger partial charge in [-0.25, -0.2) is 0 Å². The van der Waals surface area contributed by atoms with Crippen LogP contribution in [0.25, 0.3) is 0 Å². The predicted octanol–water partition coefficient (Wildman–Crippen LogP) is 2.93. The molecule has 2 heteroatoms. The summed E-state index contributed by atoms with van der Waals surface area (Å²) in [5.74, 6) is 0.159. The van der Waals surface area contributed by atoms with Crippen molar-refractivity contribution in [2.24, 2.45) is 0 Å². The second-order valence-corrected chi connectivity index (χ2v) is 3.69. The summed E-state index contributed by atoms with van der Waals surface area (Å²) < 4.78 is 6.98. The quantitative estimate of drug-likeness (QED) is 0.796. The van der Waals surface area contributed by atoms with Crippen LogP contribution in [0.3, 0.4) is 0 Å². The maximum Gasteiger partial charge on any atom is 0.293 e. The van der Waals surface area contributed by atoms with Gasteiger partial charge in [0.2, 0.25) is 0 Å². The smallest absolute Gasteiger partial charge is 0.293 e. The van der Waals surface area contributed by atoms with Crippen molar-refractivity contribution >= 4 is 5.78 Å². The zero-order chi connectivity index (χ0) is 12.3. The van der Waals surface area contributed by atoms with E-state index in [9.17, 15) is 4.79 Å². The van der Waals surface area contributed by atoms with Crippen molar-refractivity contribution in [3.63, 3.8) is 0 Å². The normalized spacial score (nSPS) is 10.7. The van der Waals surface area contributed by atoms with Crippen molar-refractivity contribution in [1.29, 1.82) is 1.43 Å². The van der Waals surface area contributed by atoms with Gasteiger partial charge >= 0.3 is 0 Å². The fourth-order valence-electron chi connectivity index (χ4n) is 1.56.